The van der Waals surface area contributed by atoms with E-state index in [0.29, 0.717) is 52.9 Å². The molecule has 0 aromatic rings. The van der Waals surface area contributed by atoms with Gasteiger partial charge >= 0.3 is 0 Å². The van der Waals surface area contributed by atoms with Crippen molar-refractivity contribution in [2.75, 3.05) is 73.0 Å². The highest BCUT2D eigenvalue weighted by atomic mass is 16.5. The molecule has 0 unspecified atom stereocenters. The van der Waals surface area contributed by atoms with Crippen LogP contribution in [0.2, 0.25) is 0 Å². The minimum Gasteiger partial charge on any atom is -0.378 e. The molecular formula is C15H25NO4. The lowest BCUT2D eigenvalue weighted by Crippen LogP contribution is -2.27. The molecule has 5 heteroatoms. The van der Waals surface area contributed by atoms with Crippen molar-refractivity contribution in [1.29, 1.82) is 0 Å². The zero-order chi connectivity index (χ0) is 14.9. The van der Waals surface area contributed by atoms with Gasteiger partial charge in [0.25, 0.3) is 0 Å². The Morgan fingerprint density at radius 3 is 1.50 bits per heavy atom. The van der Waals surface area contributed by atoms with Crippen LogP contribution < -0.4 is 0 Å². The number of hydrogen-bond donors (Lipinski definition) is 0. The van der Waals surface area contributed by atoms with Gasteiger partial charge in [0.1, 0.15) is 13.2 Å². The number of nitrogens with zero attached hydrogens (tertiary/aromatic N) is 1. The van der Waals surface area contributed by atoms with Crippen LogP contribution in [0, 0.1) is 24.7 Å². The molecule has 0 aliphatic rings. The number of terminal acetylenes is 2. The summed E-state index contributed by atoms with van der Waals surface area (Å²) in [6, 6.07) is 0. The van der Waals surface area contributed by atoms with Crippen LogP contribution in [0.25, 0.3) is 0 Å². The van der Waals surface area contributed by atoms with E-state index in [0.717, 1.165) is 13.1 Å². The Kier molecular flexibility index (Phi) is 15.1. The fourth-order valence-electron chi connectivity index (χ4n) is 1.25. The van der Waals surface area contributed by atoms with Gasteiger partial charge in [0.05, 0.1) is 39.6 Å². The van der Waals surface area contributed by atoms with Crippen LogP contribution in [-0.4, -0.2) is 77.9 Å². The Bertz CT molecular complexity index is 255. The van der Waals surface area contributed by atoms with Gasteiger partial charge in [-0.15, -0.1) is 12.8 Å². The molecule has 0 radical (unpaired) electrons. The van der Waals surface area contributed by atoms with Gasteiger partial charge < -0.3 is 23.8 Å². The summed E-state index contributed by atoms with van der Waals surface area (Å²) < 4.78 is 21.0. The van der Waals surface area contributed by atoms with Crippen molar-refractivity contribution in [3.8, 4) is 24.7 Å². The largest absolute Gasteiger partial charge is 0.378 e. The van der Waals surface area contributed by atoms with Gasteiger partial charge in [-0.05, 0) is 7.05 Å². The minimum atomic E-state index is 0.339. The van der Waals surface area contributed by atoms with Gasteiger partial charge in [0, 0.05) is 13.1 Å². The van der Waals surface area contributed by atoms with Crippen molar-refractivity contribution in [3.05, 3.63) is 0 Å². The van der Waals surface area contributed by atoms with Crippen molar-refractivity contribution in [2.45, 2.75) is 0 Å². The first-order valence-electron chi connectivity index (χ1n) is 6.67. The predicted octanol–water partition coefficient (Wildman–Crippen LogP) is 0.251. The lowest BCUT2D eigenvalue weighted by molar-refractivity contribution is 0.0365. The van der Waals surface area contributed by atoms with Crippen LogP contribution >= 0.6 is 0 Å². The Balaban J connectivity index is 3.15. The maximum Gasteiger partial charge on any atom is 0.107 e. The second kappa shape index (κ2) is 16.0. The summed E-state index contributed by atoms with van der Waals surface area (Å²) in [5, 5.41) is 0. The molecule has 0 amide bonds. The monoisotopic (exact) mass is 283 g/mol. The van der Waals surface area contributed by atoms with Crippen LogP contribution in [0.5, 0.6) is 0 Å². The molecule has 5 nitrogen and oxygen atoms in total. The van der Waals surface area contributed by atoms with E-state index in [4.69, 9.17) is 31.8 Å². The number of likely N-dealkylation sites (N-methyl/N-ethyl adjacent to an activating group) is 1. The fraction of sp³-hybridized carbons (Fsp3) is 0.733. The summed E-state index contributed by atoms with van der Waals surface area (Å²) >= 11 is 0. The summed E-state index contributed by atoms with van der Waals surface area (Å²) in [5.41, 5.74) is 0. The Labute approximate surface area is 122 Å². The summed E-state index contributed by atoms with van der Waals surface area (Å²) in [4.78, 5) is 2.14. The average molecular weight is 283 g/mol. The fourth-order valence-corrected chi connectivity index (χ4v) is 1.25. The average Bonchev–Trinajstić information content (AvgIpc) is 2.45. The van der Waals surface area contributed by atoms with E-state index < -0.39 is 0 Å². The summed E-state index contributed by atoms with van der Waals surface area (Å²) in [5.74, 6) is 4.81. The van der Waals surface area contributed by atoms with E-state index >= 15 is 0 Å². The molecule has 0 bridgehead atoms. The van der Waals surface area contributed by atoms with Gasteiger partial charge in [-0.25, -0.2) is 0 Å². The maximum atomic E-state index is 5.41. The molecule has 0 atom stereocenters. The number of hydrogen-bond acceptors (Lipinski definition) is 5. The Hall–Kier alpha value is -1.08. The third-order valence-corrected chi connectivity index (χ3v) is 2.35. The summed E-state index contributed by atoms with van der Waals surface area (Å²) in [6.45, 7) is 5.93. The SMILES string of the molecule is C#CCOCCOCCN(C)CCOCCOCC#C. The normalized spacial score (nSPS) is 10.4. The topological polar surface area (TPSA) is 40.2 Å². The van der Waals surface area contributed by atoms with E-state index in [9.17, 15) is 0 Å². The molecule has 0 heterocycles. The van der Waals surface area contributed by atoms with Crippen molar-refractivity contribution in [2.24, 2.45) is 0 Å². The lowest BCUT2D eigenvalue weighted by atomic mass is 10.5. The second-order valence-electron chi connectivity index (χ2n) is 4.04. The predicted molar refractivity (Wildman–Crippen MR) is 78.4 cm³/mol. The lowest BCUT2D eigenvalue weighted by Gasteiger charge is -2.16. The smallest absolute Gasteiger partial charge is 0.107 e. The maximum absolute atomic E-state index is 5.41. The molecule has 114 valence electrons. The number of rotatable bonds is 14. The van der Waals surface area contributed by atoms with E-state index in [1.807, 2.05) is 7.05 Å². The van der Waals surface area contributed by atoms with E-state index in [2.05, 4.69) is 16.7 Å². The van der Waals surface area contributed by atoms with Crippen molar-refractivity contribution in [1.82, 2.24) is 4.90 Å². The van der Waals surface area contributed by atoms with E-state index in [1.165, 1.54) is 0 Å². The highest BCUT2D eigenvalue weighted by molar-refractivity contribution is 4.83. The zero-order valence-corrected chi connectivity index (χ0v) is 12.3. The van der Waals surface area contributed by atoms with Gasteiger partial charge in [-0.3, -0.25) is 0 Å². The molecule has 0 rings (SSSR count). The highest BCUT2D eigenvalue weighted by Crippen LogP contribution is 1.86. The third kappa shape index (κ3) is 15.0. The molecule has 20 heavy (non-hydrogen) atoms. The van der Waals surface area contributed by atoms with Crippen molar-refractivity contribution >= 4 is 0 Å². The molecule has 0 aromatic heterocycles. The summed E-state index contributed by atoms with van der Waals surface area (Å²) in [6.07, 6.45) is 10.1. The molecule has 0 saturated heterocycles. The molecule has 0 fully saturated rings. The molecule has 0 spiro atoms. The van der Waals surface area contributed by atoms with Gasteiger partial charge in [0.15, 0.2) is 0 Å². The molecule has 0 aliphatic heterocycles. The summed E-state index contributed by atoms with van der Waals surface area (Å²) in [7, 11) is 2.02. The highest BCUT2D eigenvalue weighted by Gasteiger charge is 1.98. The zero-order valence-electron chi connectivity index (χ0n) is 12.3. The standard InChI is InChI=1S/C15H25NO4/c1-4-8-17-12-14-19-10-6-16(3)7-11-20-15-13-18-9-5-2/h1-2H,6-15H2,3H3. The Morgan fingerprint density at radius 2 is 1.10 bits per heavy atom. The molecule has 0 saturated carbocycles. The second-order valence-corrected chi connectivity index (χ2v) is 4.04. The van der Waals surface area contributed by atoms with Crippen LogP contribution in [0.4, 0.5) is 0 Å². The first-order valence-corrected chi connectivity index (χ1v) is 6.67. The van der Waals surface area contributed by atoms with Gasteiger partial charge in [-0.2, -0.15) is 0 Å². The number of ether oxygens (including phenoxy) is 4. The van der Waals surface area contributed by atoms with E-state index in [1.54, 1.807) is 0 Å². The molecule has 0 aliphatic carbocycles. The molecular weight excluding hydrogens is 258 g/mol. The van der Waals surface area contributed by atoms with Crippen molar-refractivity contribution in [3.63, 3.8) is 0 Å². The van der Waals surface area contributed by atoms with Crippen LogP contribution in [0.15, 0.2) is 0 Å². The van der Waals surface area contributed by atoms with Crippen molar-refractivity contribution < 1.29 is 18.9 Å². The molecule has 0 N–H and O–H groups in total. The quantitative estimate of drug-likeness (QED) is 0.338. The third-order valence-electron chi connectivity index (χ3n) is 2.35. The first kappa shape index (κ1) is 18.9. The minimum absolute atomic E-state index is 0.339. The Morgan fingerprint density at radius 1 is 0.700 bits per heavy atom. The molecule has 0 aromatic carbocycles. The van der Waals surface area contributed by atoms with Crippen LogP contribution in [0.3, 0.4) is 0 Å². The van der Waals surface area contributed by atoms with Crippen LogP contribution in [0.1, 0.15) is 0 Å². The van der Waals surface area contributed by atoms with E-state index in [-0.39, 0.29) is 0 Å². The van der Waals surface area contributed by atoms with Gasteiger partial charge in [0.2, 0.25) is 0 Å². The first-order chi connectivity index (χ1) is 9.81. The van der Waals surface area contributed by atoms with Gasteiger partial charge in [-0.1, -0.05) is 11.8 Å². The van der Waals surface area contributed by atoms with Crippen LogP contribution in [-0.2, 0) is 18.9 Å².